The summed E-state index contributed by atoms with van der Waals surface area (Å²) < 4.78 is 27.4. The van der Waals surface area contributed by atoms with Crippen LogP contribution in [0.3, 0.4) is 0 Å². The summed E-state index contributed by atoms with van der Waals surface area (Å²) in [7, 11) is -3.12. The van der Waals surface area contributed by atoms with Gasteiger partial charge in [-0.1, -0.05) is 0 Å². The molecule has 1 saturated heterocycles. The summed E-state index contributed by atoms with van der Waals surface area (Å²) >= 11 is 0. The molecule has 2 aliphatic rings. The molecule has 1 fully saturated rings. The smallest absolute Gasteiger partial charge is 0.240 e. The average molecular weight is 246 g/mol. The van der Waals surface area contributed by atoms with Crippen molar-refractivity contribution < 1.29 is 17.9 Å². The summed E-state index contributed by atoms with van der Waals surface area (Å²) in [6.45, 7) is 1.56. The van der Waals surface area contributed by atoms with Gasteiger partial charge in [0.25, 0.3) is 0 Å². The zero-order valence-corrected chi connectivity index (χ0v) is 9.50. The third-order valence-corrected chi connectivity index (χ3v) is 3.89. The molecule has 0 aromatic rings. The van der Waals surface area contributed by atoms with E-state index in [0.29, 0.717) is 19.8 Å². The van der Waals surface area contributed by atoms with Crippen LogP contribution in [0.5, 0.6) is 0 Å². The topological polar surface area (TPSA) is 84.5 Å². The Hall–Kier alpha value is -0.920. The van der Waals surface area contributed by atoms with E-state index in [-0.39, 0.29) is 17.7 Å². The van der Waals surface area contributed by atoms with Gasteiger partial charge in [0.15, 0.2) is 9.84 Å². The number of ether oxygens (including phenoxy) is 1. The van der Waals surface area contributed by atoms with Gasteiger partial charge in [0.05, 0.1) is 25.0 Å². The highest BCUT2D eigenvalue weighted by molar-refractivity contribution is 7.94. The van der Waals surface area contributed by atoms with E-state index in [1.165, 1.54) is 6.08 Å². The second-order valence-corrected chi connectivity index (χ2v) is 5.79. The second-order valence-electron chi connectivity index (χ2n) is 3.85. The van der Waals surface area contributed by atoms with Crippen LogP contribution in [0, 0.1) is 0 Å². The first-order valence-electron chi connectivity index (χ1n) is 5.09. The Morgan fingerprint density at radius 2 is 2.31 bits per heavy atom. The lowest BCUT2D eigenvalue weighted by atomic mass is 10.2. The van der Waals surface area contributed by atoms with Crippen LogP contribution in [0.15, 0.2) is 11.5 Å². The molecule has 2 atom stereocenters. The number of rotatable bonds is 2. The molecule has 2 rings (SSSR count). The van der Waals surface area contributed by atoms with Gasteiger partial charge in [-0.15, -0.1) is 0 Å². The van der Waals surface area contributed by atoms with Crippen molar-refractivity contribution in [2.75, 3.05) is 25.5 Å². The van der Waals surface area contributed by atoms with Gasteiger partial charge in [-0.2, -0.15) is 0 Å². The maximum absolute atomic E-state index is 11.7. The predicted octanol–water partition coefficient (Wildman–Crippen LogP) is -1.60. The number of amides is 1. The van der Waals surface area contributed by atoms with Crippen LogP contribution in [0.1, 0.15) is 0 Å². The summed E-state index contributed by atoms with van der Waals surface area (Å²) in [6.07, 6.45) is 1.50. The van der Waals surface area contributed by atoms with Crippen LogP contribution in [-0.2, 0) is 19.4 Å². The minimum absolute atomic E-state index is 0.0493. The van der Waals surface area contributed by atoms with Gasteiger partial charge in [0.2, 0.25) is 5.91 Å². The highest BCUT2D eigenvalue weighted by atomic mass is 32.2. The molecule has 0 aromatic heterocycles. The highest BCUT2D eigenvalue weighted by Gasteiger charge is 2.27. The van der Waals surface area contributed by atoms with Crippen LogP contribution in [0.25, 0.3) is 0 Å². The van der Waals surface area contributed by atoms with E-state index < -0.39 is 15.9 Å². The lowest BCUT2D eigenvalue weighted by Gasteiger charge is -2.24. The van der Waals surface area contributed by atoms with E-state index in [1.54, 1.807) is 0 Å². The maximum atomic E-state index is 11.7. The number of sulfone groups is 1. The Labute approximate surface area is 94.0 Å². The maximum Gasteiger partial charge on any atom is 0.240 e. The fourth-order valence-corrected chi connectivity index (χ4v) is 2.92. The standard InChI is InChI=1S/C9H14N2O4S/c12-9(8-5-15-3-2-10-8)11-7-1-4-16(13,14)6-7/h1,4,7-8,10H,2-3,5-6H2,(H,11,12). The molecule has 0 saturated carbocycles. The van der Waals surface area contributed by atoms with Crippen molar-refractivity contribution in [1.29, 1.82) is 0 Å². The molecular weight excluding hydrogens is 232 g/mol. The fraction of sp³-hybridized carbons (Fsp3) is 0.667. The molecule has 6 nitrogen and oxygen atoms in total. The SMILES string of the molecule is O=C(NC1C=CS(=O)(=O)C1)C1COCCN1. The van der Waals surface area contributed by atoms with Crippen molar-refractivity contribution in [3.05, 3.63) is 11.5 Å². The largest absolute Gasteiger partial charge is 0.378 e. The molecule has 90 valence electrons. The summed E-state index contributed by atoms with van der Waals surface area (Å²) in [5, 5.41) is 6.80. The Kier molecular flexibility index (Phi) is 3.27. The molecule has 0 bridgehead atoms. The van der Waals surface area contributed by atoms with Crippen LogP contribution in [0.4, 0.5) is 0 Å². The Morgan fingerprint density at radius 1 is 1.50 bits per heavy atom. The second kappa shape index (κ2) is 4.52. The Bertz CT molecular complexity index is 398. The molecule has 2 aliphatic heterocycles. The molecule has 1 amide bonds. The molecule has 0 aromatic carbocycles. The third-order valence-electron chi connectivity index (χ3n) is 2.50. The third kappa shape index (κ3) is 2.81. The number of hydrogen-bond acceptors (Lipinski definition) is 5. The zero-order valence-electron chi connectivity index (χ0n) is 8.68. The number of nitrogens with one attached hydrogen (secondary N) is 2. The first kappa shape index (κ1) is 11.6. The monoisotopic (exact) mass is 246 g/mol. The van der Waals surface area contributed by atoms with Gasteiger partial charge in [0, 0.05) is 12.0 Å². The van der Waals surface area contributed by atoms with Crippen LogP contribution in [-0.4, -0.2) is 51.9 Å². The summed E-state index contributed by atoms with van der Waals surface area (Å²) in [5.74, 6) is -0.266. The Morgan fingerprint density at radius 3 is 2.88 bits per heavy atom. The minimum atomic E-state index is -3.12. The van der Waals surface area contributed by atoms with E-state index in [0.717, 1.165) is 5.41 Å². The van der Waals surface area contributed by atoms with Crippen LogP contribution in [0.2, 0.25) is 0 Å². The summed E-state index contributed by atoms with van der Waals surface area (Å²) in [4.78, 5) is 11.7. The number of carbonyl (C=O) groups excluding carboxylic acids is 1. The van der Waals surface area contributed by atoms with E-state index in [9.17, 15) is 13.2 Å². The van der Waals surface area contributed by atoms with Gasteiger partial charge < -0.3 is 15.4 Å². The zero-order chi connectivity index (χ0) is 11.6. The number of carbonyl (C=O) groups is 1. The molecule has 0 spiro atoms. The van der Waals surface area contributed by atoms with Crippen molar-refractivity contribution in [3.63, 3.8) is 0 Å². The number of hydrogen-bond donors (Lipinski definition) is 2. The Balaban J connectivity index is 1.86. The summed E-state index contributed by atoms with van der Waals surface area (Å²) in [5.41, 5.74) is 0. The van der Waals surface area contributed by atoms with Crippen molar-refractivity contribution in [2.24, 2.45) is 0 Å². The lowest BCUT2D eigenvalue weighted by Crippen LogP contribution is -2.53. The van der Waals surface area contributed by atoms with Crippen LogP contribution >= 0.6 is 0 Å². The highest BCUT2D eigenvalue weighted by Crippen LogP contribution is 2.08. The van der Waals surface area contributed by atoms with Gasteiger partial charge in [-0.05, 0) is 6.08 Å². The first-order valence-corrected chi connectivity index (χ1v) is 6.81. The van der Waals surface area contributed by atoms with Crippen molar-refractivity contribution >= 4 is 15.7 Å². The fourth-order valence-electron chi connectivity index (χ4n) is 1.68. The van der Waals surface area contributed by atoms with Gasteiger partial charge in [-0.25, -0.2) is 8.42 Å². The molecule has 0 aliphatic carbocycles. The first-order chi connectivity index (χ1) is 7.57. The average Bonchev–Trinajstić information content (AvgIpc) is 2.59. The molecule has 0 radical (unpaired) electrons. The van der Waals surface area contributed by atoms with Crippen molar-refractivity contribution in [3.8, 4) is 0 Å². The van der Waals surface area contributed by atoms with E-state index in [4.69, 9.17) is 4.74 Å². The van der Waals surface area contributed by atoms with Crippen molar-refractivity contribution in [1.82, 2.24) is 10.6 Å². The number of morpholine rings is 1. The minimum Gasteiger partial charge on any atom is -0.378 e. The normalized spacial score (nSPS) is 32.5. The van der Waals surface area contributed by atoms with E-state index >= 15 is 0 Å². The van der Waals surface area contributed by atoms with E-state index in [2.05, 4.69) is 10.6 Å². The van der Waals surface area contributed by atoms with Gasteiger partial charge in [0.1, 0.15) is 6.04 Å². The van der Waals surface area contributed by atoms with Gasteiger partial charge >= 0.3 is 0 Å². The van der Waals surface area contributed by atoms with Crippen molar-refractivity contribution in [2.45, 2.75) is 12.1 Å². The summed E-state index contributed by atoms with van der Waals surface area (Å²) in [6, 6.07) is -0.799. The molecular formula is C9H14N2O4S. The molecule has 2 N–H and O–H groups in total. The van der Waals surface area contributed by atoms with Gasteiger partial charge in [-0.3, -0.25) is 4.79 Å². The van der Waals surface area contributed by atoms with Crippen LogP contribution < -0.4 is 10.6 Å². The predicted molar refractivity (Wildman–Crippen MR) is 57.5 cm³/mol. The molecule has 2 unspecified atom stereocenters. The molecule has 16 heavy (non-hydrogen) atoms. The molecule has 2 heterocycles. The van der Waals surface area contributed by atoms with E-state index in [1.807, 2.05) is 0 Å². The lowest BCUT2D eigenvalue weighted by molar-refractivity contribution is -0.126. The molecule has 7 heteroatoms. The quantitative estimate of drug-likeness (QED) is 0.613.